The molecule has 0 radical (unpaired) electrons. The Morgan fingerprint density at radius 2 is 0.846 bits per heavy atom. The van der Waals surface area contributed by atoms with Crippen LogP contribution in [0.15, 0.2) is 60.7 Å². The Balaban J connectivity index is 0.000000265. The molecule has 6 nitrogen and oxygen atoms in total. The van der Waals surface area contributed by atoms with Crippen LogP contribution in [0.25, 0.3) is 0 Å². The molecule has 0 fully saturated rings. The van der Waals surface area contributed by atoms with Crippen molar-refractivity contribution in [3.8, 4) is 0 Å². The van der Waals surface area contributed by atoms with Gasteiger partial charge in [0.1, 0.15) is 24.4 Å². The van der Waals surface area contributed by atoms with Crippen molar-refractivity contribution in [1.82, 2.24) is 0 Å². The Hall–Kier alpha value is -1.80. The highest BCUT2D eigenvalue weighted by atomic mass is 16.4. The molecule has 6 heteroatoms. The quantitative estimate of drug-likeness (QED) is 0.389. The third-order valence-corrected chi connectivity index (χ3v) is 3.90. The van der Waals surface area contributed by atoms with Crippen molar-refractivity contribution in [1.29, 1.82) is 0 Å². The first-order valence-corrected chi connectivity index (χ1v) is 8.51. The van der Waals surface area contributed by atoms with Crippen molar-refractivity contribution < 1.29 is 30.6 Å². The number of hydrogen-bond acceptors (Lipinski definition) is 6. The van der Waals surface area contributed by atoms with Crippen LogP contribution >= 0.6 is 0 Å². The van der Waals surface area contributed by atoms with Gasteiger partial charge in [-0.05, 0) is 24.0 Å². The Kier molecular flexibility index (Phi) is 10.7. The lowest BCUT2D eigenvalue weighted by Crippen LogP contribution is -2.46. The van der Waals surface area contributed by atoms with E-state index in [2.05, 4.69) is 60.7 Å². The second-order valence-corrected chi connectivity index (χ2v) is 5.95. The lowest BCUT2D eigenvalue weighted by molar-refractivity contribution is -0.123. The van der Waals surface area contributed by atoms with Crippen LogP contribution in [0.2, 0.25) is 0 Å². The van der Waals surface area contributed by atoms with Gasteiger partial charge in [0.05, 0.1) is 13.2 Å². The normalized spacial score (nSPS) is 15.3. The van der Waals surface area contributed by atoms with Crippen LogP contribution in [-0.2, 0) is 12.8 Å². The molecule has 2 aromatic carbocycles. The molecule has 2 rings (SSSR count). The van der Waals surface area contributed by atoms with Gasteiger partial charge >= 0.3 is 0 Å². The number of rotatable bonds is 8. The first-order chi connectivity index (χ1) is 12.5. The Morgan fingerprint density at radius 3 is 1.12 bits per heavy atom. The lowest BCUT2D eigenvalue weighted by Gasteiger charge is -2.24. The van der Waals surface area contributed by atoms with Crippen molar-refractivity contribution in [3.05, 3.63) is 71.8 Å². The second-order valence-electron chi connectivity index (χ2n) is 5.95. The molecule has 2 aromatic rings. The summed E-state index contributed by atoms with van der Waals surface area (Å²) in [7, 11) is 0. The molecule has 144 valence electrons. The molecular weight excluding hydrogens is 336 g/mol. The number of aliphatic hydroxyl groups excluding tert-OH is 6. The molecule has 0 heterocycles. The largest absolute Gasteiger partial charge is 0.394 e. The summed E-state index contributed by atoms with van der Waals surface area (Å²) in [5.74, 6) is 0. The molecule has 4 atom stereocenters. The van der Waals surface area contributed by atoms with Crippen LogP contribution < -0.4 is 0 Å². The van der Waals surface area contributed by atoms with E-state index >= 15 is 0 Å². The van der Waals surface area contributed by atoms with E-state index in [0.29, 0.717) is 0 Å². The molecule has 26 heavy (non-hydrogen) atoms. The average Bonchev–Trinajstić information content (AvgIpc) is 2.71. The van der Waals surface area contributed by atoms with Gasteiger partial charge in [0, 0.05) is 0 Å². The van der Waals surface area contributed by atoms with Crippen molar-refractivity contribution >= 4 is 0 Å². The SMILES string of the molecule is OC[C@@H](O)[C@@H](O)[C@H](O)[C@@H](O)CO.c1ccc(CCc2ccccc2)cc1. The molecule has 0 spiro atoms. The monoisotopic (exact) mass is 364 g/mol. The van der Waals surface area contributed by atoms with Crippen LogP contribution in [0, 0.1) is 0 Å². The van der Waals surface area contributed by atoms with Gasteiger partial charge in [-0.15, -0.1) is 0 Å². The third kappa shape index (κ3) is 8.05. The van der Waals surface area contributed by atoms with E-state index in [-0.39, 0.29) is 0 Å². The minimum atomic E-state index is -1.67. The average molecular weight is 364 g/mol. The molecule has 0 saturated carbocycles. The van der Waals surface area contributed by atoms with E-state index in [9.17, 15) is 0 Å². The molecule has 0 amide bonds. The maximum atomic E-state index is 8.96. The summed E-state index contributed by atoms with van der Waals surface area (Å²) < 4.78 is 0. The first-order valence-electron chi connectivity index (χ1n) is 8.51. The summed E-state index contributed by atoms with van der Waals surface area (Å²) in [6, 6.07) is 21.2. The summed E-state index contributed by atoms with van der Waals surface area (Å²) in [6.07, 6.45) is -4.13. The molecule has 0 saturated heterocycles. The third-order valence-electron chi connectivity index (χ3n) is 3.90. The van der Waals surface area contributed by atoms with E-state index in [1.54, 1.807) is 0 Å². The minimum absolute atomic E-state index is 0.726. The van der Waals surface area contributed by atoms with Gasteiger partial charge in [-0.25, -0.2) is 0 Å². The Labute approximate surface area is 153 Å². The maximum absolute atomic E-state index is 8.96. The summed E-state index contributed by atoms with van der Waals surface area (Å²) in [5.41, 5.74) is 2.83. The van der Waals surface area contributed by atoms with Gasteiger partial charge < -0.3 is 30.6 Å². The molecular formula is C20H28O6. The lowest BCUT2D eigenvalue weighted by atomic mass is 10.0. The summed E-state index contributed by atoms with van der Waals surface area (Å²) in [6.45, 7) is -1.45. The van der Waals surface area contributed by atoms with E-state index in [4.69, 9.17) is 30.6 Å². The zero-order valence-electron chi connectivity index (χ0n) is 14.6. The van der Waals surface area contributed by atoms with E-state index < -0.39 is 37.6 Å². The highest BCUT2D eigenvalue weighted by Crippen LogP contribution is 2.06. The van der Waals surface area contributed by atoms with E-state index in [0.717, 1.165) is 12.8 Å². The predicted octanol–water partition coefficient (Wildman–Crippen LogP) is -0.114. The molecule has 0 unspecified atom stereocenters. The number of aliphatic hydroxyl groups is 6. The van der Waals surface area contributed by atoms with Crippen LogP contribution in [0.4, 0.5) is 0 Å². The topological polar surface area (TPSA) is 121 Å². The number of aryl methyl sites for hydroxylation is 2. The summed E-state index contributed by atoms with van der Waals surface area (Å²) in [5, 5.41) is 52.2. The Bertz CT molecular complexity index is 524. The van der Waals surface area contributed by atoms with Crippen LogP contribution in [0.1, 0.15) is 11.1 Å². The fourth-order valence-electron chi connectivity index (χ4n) is 2.25. The summed E-state index contributed by atoms with van der Waals surface area (Å²) in [4.78, 5) is 0. The standard InChI is InChI=1S/C14H14.C6H14O6/c1-3-7-13(8-4-1)11-12-14-9-5-2-6-10-14;7-1-3(9)5(11)6(12)4(10)2-8/h1-10H,11-12H2;3-12H,1-2H2/t;3-,4+,5-,6-/m.1/s1. The predicted molar refractivity (Wildman–Crippen MR) is 98.5 cm³/mol. The molecule has 0 aliphatic heterocycles. The smallest absolute Gasteiger partial charge is 0.111 e. The molecule has 0 aliphatic rings. The minimum Gasteiger partial charge on any atom is -0.394 e. The van der Waals surface area contributed by atoms with Crippen molar-refractivity contribution in [2.75, 3.05) is 13.2 Å². The van der Waals surface area contributed by atoms with Gasteiger partial charge in [-0.3, -0.25) is 0 Å². The number of benzene rings is 2. The second kappa shape index (κ2) is 12.5. The summed E-state index contributed by atoms with van der Waals surface area (Å²) >= 11 is 0. The Morgan fingerprint density at radius 1 is 0.538 bits per heavy atom. The molecule has 0 bridgehead atoms. The van der Waals surface area contributed by atoms with Crippen molar-refractivity contribution in [2.24, 2.45) is 0 Å². The van der Waals surface area contributed by atoms with Crippen molar-refractivity contribution in [2.45, 2.75) is 37.3 Å². The zero-order valence-corrected chi connectivity index (χ0v) is 14.6. The van der Waals surface area contributed by atoms with Gasteiger partial charge in [0.15, 0.2) is 0 Å². The maximum Gasteiger partial charge on any atom is 0.111 e. The fraction of sp³-hybridized carbons (Fsp3) is 0.400. The molecule has 0 aliphatic carbocycles. The van der Waals surface area contributed by atoms with E-state index in [1.165, 1.54) is 11.1 Å². The first kappa shape index (κ1) is 22.2. The molecule has 0 aromatic heterocycles. The van der Waals surface area contributed by atoms with Gasteiger partial charge in [0.2, 0.25) is 0 Å². The van der Waals surface area contributed by atoms with Gasteiger partial charge in [-0.1, -0.05) is 60.7 Å². The molecule has 6 N–H and O–H groups in total. The highest BCUT2D eigenvalue weighted by molar-refractivity contribution is 5.19. The van der Waals surface area contributed by atoms with Crippen LogP contribution in [-0.4, -0.2) is 68.3 Å². The highest BCUT2D eigenvalue weighted by Gasteiger charge is 2.29. The van der Waals surface area contributed by atoms with Crippen LogP contribution in [0.3, 0.4) is 0 Å². The van der Waals surface area contributed by atoms with E-state index in [1.807, 2.05) is 0 Å². The van der Waals surface area contributed by atoms with Gasteiger partial charge in [0.25, 0.3) is 0 Å². The van der Waals surface area contributed by atoms with Gasteiger partial charge in [-0.2, -0.15) is 0 Å². The van der Waals surface area contributed by atoms with Crippen molar-refractivity contribution in [3.63, 3.8) is 0 Å². The fourth-order valence-corrected chi connectivity index (χ4v) is 2.25. The zero-order chi connectivity index (χ0) is 19.4. The number of hydrogen-bond donors (Lipinski definition) is 6. The van der Waals surface area contributed by atoms with Crippen LogP contribution in [0.5, 0.6) is 0 Å².